The van der Waals surface area contributed by atoms with Crippen molar-refractivity contribution in [1.29, 1.82) is 0 Å². The second-order valence-corrected chi connectivity index (χ2v) is 6.20. The molecule has 0 aliphatic heterocycles. The van der Waals surface area contributed by atoms with Crippen LogP contribution in [0.25, 0.3) is 0 Å². The molecule has 0 fully saturated rings. The van der Waals surface area contributed by atoms with Crippen molar-refractivity contribution in [2.24, 2.45) is 7.05 Å². The molecule has 6 heteroatoms. The zero-order valence-corrected chi connectivity index (χ0v) is 13.9. The van der Waals surface area contributed by atoms with Crippen LogP contribution >= 0.6 is 11.3 Å². The first-order chi connectivity index (χ1) is 11.1. The number of thiophene rings is 1. The molecule has 1 N–H and O–H groups in total. The summed E-state index contributed by atoms with van der Waals surface area (Å²) in [7, 11) is 1.83. The lowest BCUT2D eigenvalue weighted by Gasteiger charge is -2.18. The van der Waals surface area contributed by atoms with Crippen molar-refractivity contribution in [1.82, 2.24) is 20.1 Å². The normalized spacial score (nSPS) is 12.1. The van der Waals surface area contributed by atoms with E-state index in [4.69, 9.17) is 0 Å². The highest BCUT2D eigenvalue weighted by Gasteiger charge is 2.19. The maximum absolute atomic E-state index is 12.6. The second kappa shape index (κ2) is 6.75. The molecule has 0 radical (unpaired) electrons. The molecular weight excluding hydrogens is 308 g/mol. The van der Waals surface area contributed by atoms with Gasteiger partial charge in [0.05, 0.1) is 17.8 Å². The Kier molecular flexibility index (Phi) is 4.52. The van der Waals surface area contributed by atoms with E-state index < -0.39 is 0 Å². The van der Waals surface area contributed by atoms with Gasteiger partial charge in [-0.05, 0) is 47.4 Å². The molecule has 5 nitrogen and oxygen atoms in total. The van der Waals surface area contributed by atoms with Crippen LogP contribution in [0.2, 0.25) is 0 Å². The fraction of sp³-hybridized carbons (Fsp3) is 0.235. The van der Waals surface area contributed by atoms with E-state index in [-0.39, 0.29) is 11.9 Å². The molecule has 0 unspecified atom stereocenters. The Morgan fingerprint density at radius 1 is 1.39 bits per heavy atom. The number of pyridine rings is 1. The third-order valence-electron chi connectivity index (χ3n) is 3.89. The minimum absolute atomic E-state index is 0.111. The van der Waals surface area contributed by atoms with E-state index in [1.54, 1.807) is 34.6 Å². The van der Waals surface area contributed by atoms with Gasteiger partial charge >= 0.3 is 0 Å². The predicted octanol–water partition coefficient (Wildman–Crippen LogP) is 2.90. The SMILES string of the molecule is Cc1c(C(=O)N[C@@H](Cc2ccsc2)c2cccnc2)cnn1C. The molecule has 0 aliphatic carbocycles. The van der Waals surface area contributed by atoms with E-state index in [1.807, 2.05) is 31.5 Å². The van der Waals surface area contributed by atoms with Crippen molar-refractivity contribution in [3.8, 4) is 0 Å². The maximum atomic E-state index is 12.6. The molecule has 1 atom stereocenters. The van der Waals surface area contributed by atoms with Crippen LogP contribution in [0.15, 0.2) is 47.5 Å². The van der Waals surface area contributed by atoms with Crippen LogP contribution in [-0.4, -0.2) is 20.7 Å². The Balaban J connectivity index is 1.83. The molecular formula is C17H18N4OS. The van der Waals surface area contributed by atoms with Crippen LogP contribution in [0.5, 0.6) is 0 Å². The van der Waals surface area contributed by atoms with Crippen LogP contribution in [0, 0.1) is 6.92 Å². The van der Waals surface area contributed by atoms with Crippen LogP contribution < -0.4 is 5.32 Å². The molecule has 0 spiro atoms. The molecule has 3 aromatic rings. The van der Waals surface area contributed by atoms with Crippen molar-refractivity contribution >= 4 is 17.2 Å². The van der Waals surface area contributed by atoms with Gasteiger partial charge in [0.25, 0.3) is 5.91 Å². The van der Waals surface area contributed by atoms with Gasteiger partial charge in [0, 0.05) is 25.1 Å². The zero-order valence-electron chi connectivity index (χ0n) is 13.1. The number of rotatable bonds is 5. The number of nitrogens with zero attached hydrogens (tertiary/aromatic N) is 3. The van der Waals surface area contributed by atoms with Crippen LogP contribution in [-0.2, 0) is 13.5 Å². The van der Waals surface area contributed by atoms with E-state index in [2.05, 4.69) is 26.8 Å². The Morgan fingerprint density at radius 2 is 2.26 bits per heavy atom. The average Bonchev–Trinajstić information content (AvgIpc) is 3.18. The first-order valence-corrected chi connectivity index (χ1v) is 8.30. The van der Waals surface area contributed by atoms with Gasteiger partial charge in [-0.25, -0.2) is 0 Å². The highest BCUT2D eigenvalue weighted by atomic mass is 32.1. The topological polar surface area (TPSA) is 59.8 Å². The molecule has 0 saturated heterocycles. The summed E-state index contributed by atoms with van der Waals surface area (Å²) in [4.78, 5) is 16.8. The van der Waals surface area contributed by atoms with Crippen molar-refractivity contribution in [2.75, 3.05) is 0 Å². The van der Waals surface area contributed by atoms with Crippen LogP contribution in [0.1, 0.15) is 33.2 Å². The molecule has 0 aromatic carbocycles. The van der Waals surface area contributed by atoms with Crippen molar-refractivity contribution in [3.63, 3.8) is 0 Å². The number of carbonyl (C=O) groups is 1. The maximum Gasteiger partial charge on any atom is 0.255 e. The molecule has 0 aliphatic rings. The third kappa shape index (κ3) is 3.48. The van der Waals surface area contributed by atoms with Gasteiger partial charge in [-0.15, -0.1) is 0 Å². The largest absolute Gasteiger partial charge is 0.345 e. The highest BCUT2D eigenvalue weighted by molar-refractivity contribution is 7.07. The molecule has 0 saturated carbocycles. The second-order valence-electron chi connectivity index (χ2n) is 5.42. The number of aromatic nitrogens is 3. The minimum atomic E-state index is -0.120. The Labute approximate surface area is 139 Å². The Morgan fingerprint density at radius 3 is 2.87 bits per heavy atom. The van der Waals surface area contributed by atoms with Gasteiger partial charge in [-0.1, -0.05) is 6.07 Å². The first kappa shape index (κ1) is 15.4. The Hall–Kier alpha value is -2.47. The fourth-order valence-corrected chi connectivity index (χ4v) is 3.12. The van der Waals surface area contributed by atoms with Crippen LogP contribution in [0.4, 0.5) is 0 Å². The lowest BCUT2D eigenvalue weighted by molar-refractivity contribution is 0.0935. The van der Waals surface area contributed by atoms with Gasteiger partial charge in [-0.2, -0.15) is 16.4 Å². The number of hydrogen-bond acceptors (Lipinski definition) is 4. The number of nitrogens with one attached hydrogen (secondary N) is 1. The molecule has 1 amide bonds. The summed E-state index contributed by atoms with van der Waals surface area (Å²) in [5.74, 6) is -0.111. The van der Waals surface area contributed by atoms with E-state index >= 15 is 0 Å². The summed E-state index contributed by atoms with van der Waals surface area (Å²) >= 11 is 1.66. The van der Waals surface area contributed by atoms with E-state index in [9.17, 15) is 4.79 Å². The summed E-state index contributed by atoms with van der Waals surface area (Å²) in [6.07, 6.45) is 5.88. The van der Waals surface area contributed by atoms with Crippen molar-refractivity contribution in [2.45, 2.75) is 19.4 Å². The molecule has 118 valence electrons. The summed E-state index contributed by atoms with van der Waals surface area (Å²) < 4.78 is 1.70. The third-order valence-corrected chi connectivity index (χ3v) is 4.62. The smallest absolute Gasteiger partial charge is 0.255 e. The summed E-state index contributed by atoms with van der Waals surface area (Å²) in [6.45, 7) is 1.89. The Bertz CT molecular complexity index is 780. The number of hydrogen-bond donors (Lipinski definition) is 1. The van der Waals surface area contributed by atoms with Gasteiger partial charge < -0.3 is 5.32 Å². The zero-order chi connectivity index (χ0) is 16.2. The fourth-order valence-electron chi connectivity index (χ4n) is 2.44. The number of amides is 1. The average molecular weight is 326 g/mol. The lowest BCUT2D eigenvalue weighted by atomic mass is 10.0. The van der Waals surface area contributed by atoms with Gasteiger partial charge in [-0.3, -0.25) is 14.5 Å². The molecule has 3 aromatic heterocycles. The highest BCUT2D eigenvalue weighted by Crippen LogP contribution is 2.20. The number of aryl methyl sites for hydroxylation is 1. The lowest BCUT2D eigenvalue weighted by Crippen LogP contribution is -2.30. The minimum Gasteiger partial charge on any atom is -0.345 e. The monoisotopic (exact) mass is 326 g/mol. The molecule has 3 rings (SSSR count). The van der Waals surface area contributed by atoms with Crippen LogP contribution in [0.3, 0.4) is 0 Å². The van der Waals surface area contributed by atoms with E-state index in [0.29, 0.717) is 5.56 Å². The van der Waals surface area contributed by atoms with Gasteiger partial charge in [0.15, 0.2) is 0 Å². The number of carbonyl (C=O) groups excluding carboxylic acids is 1. The standard InChI is InChI=1S/C17H18N4OS/c1-12-15(10-19-21(12)2)17(22)20-16(8-13-5-7-23-11-13)14-4-3-6-18-9-14/h3-7,9-11,16H,8H2,1-2H3,(H,20,22)/t16-/m0/s1. The summed E-state index contributed by atoms with van der Waals surface area (Å²) in [5.41, 5.74) is 3.65. The first-order valence-electron chi connectivity index (χ1n) is 7.35. The molecule has 0 bridgehead atoms. The predicted molar refractivity (Wildman–Crippen MR) is 90.4 cm³/mol. The van der Waals surface area contributed by atoms with Gasteiger partial charge in [0.1, 0.15) is 0 Å². The molecule has 23 heavy (non-hydrogen) atoms. The van der Waals surface area contributed by atoms with Crippen molar-refractivity contribution < 1.29 is 4.79 Å². The van der Waals surface area contributed by atoms with Gasteiger partial charge in [0.2, 0.25) is 0 Å². The quantitative estimate of drug-likeness (QED) is 0.784. The molecule has 3 heterocycles. The van der Waals surface area contributed by atoms with Crippen molar-refractivity contribution in [3.05, 3.63) is 69.9 Å². The van der Waals surface area contributed by atoms with E-state index in [1.165, 1.54) is 5.56 Å². The van der Waals surface area contributed by atoms with E-state index in [0.717, 1.165) is 17.7 Å². The summed E-state index contributed by atoms with van der Waals surface area (Å²) in [5, 5.41) is 11.4. The summed E-state index contributed by atoms with van der Waals surface area (Å²) in [6, 6.07) is 5.83.